The van der Waals surface area contributed by atoms with E-state index in [1.54, 1.807) is 0 Å². The van der Waals surface area contributed by atoms with Crippen molar-refractivity contribution >= 4 is 74.9 Å². The molecule has 0 atom stereocenters. The molecule has 0 spiro atoms. The van der Waals surface area contributed by atoms with Crippen LogP contribution in [-0.4, -0.2) is 0 Å². The molecule has 0 heterocycles. The molecule has 0 amide bonds. The first kappa shape index (κ1) is 27.5. The second-order valence-electron chi connectivity index (χ2n) is 11.8. The monoisotopic (exact) mass is 712 g/mol. The molecule has 0 aliphatic heterocycles. The highest BCUT2D eigenvalue weighted by molar-refractivity contribution is 9.11. The third-order valence-corrected chi connectivity index (χ3v) is 10.7. The van der Waals surface area contributed by atoms with Crippen molar-refractivity contribution in [3.05, 3.63) is 167 Å². The fourth-order valence-corrected chi connectivity index (χ4v) is 8.56. The van der Waals surface area contributed by atoms with Crippen LogP contribution >= 0.6 is 31.9 Å². The van der Waals surface area contributed by atoms with Crippen LogP contribution in [0.5, 0.6) is 0 Å². The number of fused-ring (bicyclic) bond motifs is 2. The van der Waals surface area contributed by atoms with Crippen LogP contribution in [0.2, 0.25) is 0 Å². The molecule has 46 heavy (non-hydrogen) atoms. The van der Waals surface area contributed by atoms with E-state index in [1.807, 2.05) is 0 Å². The maximum Gasteiger partial charge on any atom is 0.0260 e. The molecule has 0 bridgehead atoms. The highest BCUT2D eigenvalue weighted by Gasteiger charge is 2.23. The van der Waals surface area contributed by atoms with E-state index >= 15 is 0 Å². The lowest BCUT2D eigenvalue weighted by atomic mass is 9.82. The van der Waals surface area contributed by atoms with Crippen molar-refractivity contribution in [3.63, 3.8) is 0 Å². The third kappa shape index (κ3) is 4.17. The van der Waals surface area contributed by atoms with Crippen molar-refractivity contribution in [2.75, 3.05) is 0 Å². The maximum atomic E-state index is 4.03. The molecule has 9 aromatic carbocycles. The quantitative estimate of drug-likeness (QED) is 0.126. The standard InChI is InChI=1S/C44H26Br2/c45-39-25-37(31-19-9-7-17-29(31)27-13-3-1-4-14-27)43-35-23-11-22-34-40(46)26-38(44(42(34)35)36-24-12-21-33(39)41(36)43)32-20-10-8-18-30(32)28-15-5-2-6-16-28/h1-26H. The number of benzene rings is 9. The minimum absolute atomic E-state index is 1.10. The summed E-state index contributed by atoms with van der Waals surface area (Å²) in [5.74, 6) is 0. The van der Waals surface area contributed by atoms with Crippen LogP contribution in [-0.2, 0) is 0 Å². The van der Waals surface area contributed by atoms with Crippen molar-refractivity contribution < 1.29 is 0 Å². The minimum atomic E-state index is 1.10. The SMILES string of the molecule is Brc1cc(-c2ccccc2-c2ccccc2)c2c3cccc4c(Br)cc(-c5ccccc5-c5ccccc5)c(c5cccc1c52)c43. The molecule has 0 aromatic heterocycles. The number of hydrogen-bond acceptors (Lipinski definition) is 0. The topological polar surface area (TPSA) is 0 Å². The van der Waals surface area contributed by atoms with Crippen LogP contribution in [0, 0.1) is 0 Å². The maximum absolute atomic E-state index is 4.03. The molecule has 0 unspecified atom stereocenters. The van der Waals surface area contributed by atoms with Gasteiger partial charge in [0.2, 0.25) is 0 Å². The highest BCUT2D eigenvalue weighted by Crippen LogP contribution is 2.51. The van der Waals surface area contributed by atoms with E-state index in [2.05, 4.69) is 190 Å². The molecule has 216 valence electrons. The first-order valence-corrected chi connectivity index (χ1v) is 17.1. The molecule has 0 saturated carbocycles. The van der Waals surface area contributed by atoms with Gasteiger partial charge in [0.1, 0.15) is 0 Å². The largest absolute Gasteiger partial charge is 0.0622 e. The molecule has 0 nitrogen and oxygen atoms in total. The second kappa shape index (κ2) is 10.9. The van der Waals surface area contributed by atoms with Gasteiger partial charge in [-0.25, -0.2) is 0 Å². The zero-order valence-electron chi connectivity index (χ0n) is 24.8. The van der Waals surface area contributed by atoms with E-state index in [1.165, 1.54) is 87.6 Å². The van der Waals surface area contributed by atoms with Crippen molar-refractivity contribution in [2.24, 2.45) is 0 Å². The lowest BCUT2D eigenvalue weighted by Crippen LogP contribution is -1.95. The Bertz CT molecular complexity index is 2400. The van der Waals surface area contributed by atoms with E-state index in [0.29, 0.717) is 0 Å². The van der Waals surface area contributed by atoms with Crippen LogP contribution < -0.4 is 0 Å². The molecule has 0 radical (unpaired) electrons. The summed E-state index contributed by atoms with van der Waals surface area (Å²) in [5, 5.41) is 10.1. The van der Waals surface area contributed by atoms with Gasteiger partial charge in [0.25, 0.3) is 0 Å². The normalized spacial score (nSPS) is 11.7. The molecule has 0 N–H and O–H groups in total. The average molecular weight is 714 g/mol. The Kier molecular flexibility index (Phi) is 6.55. The number of halogens is 2. The fraction of sp³-hybridized carbons (Fsp3) is 0. The zero-order valence-corrected chi connectivity index (χ0v) is 27.9. The molecule has 0 fully saturated rings. The lowest BCUT2D eigenvalue weighted by Gasteiger charge is -2.22. The zero-order chi connectivity index (χ0) is 30.8. The summed E-state index contributed by atoms with van der Waals surface area (Å²) in [4.78, 5) is 0. The van der Waals surface area contributed by atoms with Crippen molar-refractivity contribution in [1.29, 1.82) is 0 Å². The first-order valence-electron chi connectivity index (χ1n) is 15.5. The van der Waals surface area contributed by atoms with Gasteiger partial charge in [0.05, 0.1) is 0 Å². The summed E-state index contributed by atoms with van der Waals surface area (Å²) in [7, 11) is 0. The average Bonchev–Trinajstić information content (AvgIpc) is 3.12. The summed E-state index contributed by atoms with van der Waals surface area (Å²) in [5.41, 5.74) is 9.81. The van der Waals surface area contributed by atoms with E-state index in [0.717, 1.165) is 8.95 Å². The van der Waals surface area contributed by atoms with E-state index in [4.69, 9.17) is 0 Å². The molecule has 0 aliphatic rings. The summed E-state index contributed by atoms with van der Waals surface area (Å²) in [6, 6.07) is 57.3. The predicted molar refractivity (Wildman–Crippen MR) is 205 cm³/mol. The third-order valence-electron chi connectivity index (χ3n) is 9.37. The lowest BCUT2D eigenvalue weighted by molar-refractivity contribution is 1.59. The van der Waals surface area contributed by atoms with Crippen LogP contribution in [0.1, 0.15) is 0 Å². The van der Waals surface area contributed by atoms with Gasteiger partial charge >= 0.3 is 0 Å². The minimum Gasteiger partial charge on any atom is -0.0622 e. The van der Waals surface area contributed by atoms with Crippen LogP contribution in [0.3, 0.4) is 0 Å². The van der Waals surface area contributed by atoms with E-state index in [-0.39, 0.29) is 0 Å². The molecular formula is C44H26Br2. The van der Waals surface area contributed by atoms with Gasteiger partial charge in [0.15, 0.2) is 0 Å². The molecular weight excluding hydrogens is 688 g/mol. The first-order chi connectivity index (χ1) is 22.7. The van der Waals surface area contributed by atoms with Gasteiger partial charge in [-0.1, -0.05) is 177 Å². The van der Waals surface area contributed by atoms with Gasteiger partial charge in [-0.2, -0.15) is 0 Å². The van der Waals surface area contributed by atoms with Crippen LogP contribution in [0.25, 0.3) is 87.6 Å². The van der Waals surface area contributed by atoms with Crippen LogP contribution in [0.15, 0.2) is 167 Å². The highest BCUT2D eigenvalue weighted by atomic mass is 79.9. The summed E-state index contributed by atoms with van der Waals surface area (Å²) >= 11 is 8.07. The Morgan fingerprint density at radius 2 is 0.609 bits per heavy atom. The van der Waals surface area contributed by atoms with Gasteiger partial charge in [-0.15, -0.1) is 0 Å². The van der Waals surface area contributed by atoms with Gasteiger partial charge < -0.3 is 0 Å². The number of rotatable bonds is 4. The summed E-state index contributed by atoms with van der Waals surface area (Å²) in [6.45, 7) is 0. The molecule has 0 aliphatic carbocycles. The Morgan fingerprint density at radius 1 is 0.261 bits per heavy atom. The Balaban J connectivity index is 1.48. The summed E-state index contributed by atoms with van der Waals surface area (Å²) in [6.07, 6.45) is 0. The van der Waals surface area contributed by atoms with E-state index in [9.17, 15) is 0 Å². The van der Waals surface area contributed by atoms with Crippen molar-refractivity contribution in [3.8, 4) is 44.5 Å². The van der Waals surface area contributed by atoms with Crippen LogP contribution in [0.4, 0.5) is 0 Å². The Hall–Kier alpha value is -4.76. The Morgan fingerprint density at radius 3 is 1.02 bits per heavy atom. The van der Waals surface area contributed by atoms with E-state index < -0.39 is 0 Å². The summed E-state index contributed by atoms with van der Waals surface area (Å²) < 4.78 is 2.20. The molecule has 9 rings (SSSR count). The van der Waals surface area contributed by atoms with Gasteiger partial charge in [-0.05, 0) is 99.7 Å². The molecule has 0 saturated heterocycles. The second-order valence-corrected chi connectivity index (χ2v) is 13.6. The molecule has 9 aromatic rings. The fourth-order valence-electron chi connectivity index (χ4n) is 7.44. The van der Waals surface area contributed by atoms with Crippen molar-refractivity contribution in [1.82, 2.24) is 0 Å². The molecule has 2 heteroatoms. The van der Waals surface area contributed by atoms with Gasteiger partial charge in [0, 0.05) is 8.95 Å². The van der Waals surface area contributed by atoms with Gasteiger partial charge in [-0.3, -0.25) is 0 Å². The Labute approximate surface area is 284 Å². The number of hydrogen-bond donors (Lipinski definition) is 0. The predicted octanol–water partition coefficient (Wildman–Crippen LogP) is 13.9. The van der Waals surface area contributed by atoms with Crippen molar-refractivity contribution in [2.45, 2.75) is 0 Å². The smallest absolute Gasteiger partial charge is 0.0260 e.